The fourth-order valence-corrected chi connectivity index (χ4v) is 5.68. The molecule has 39 heavy (non-hydrogen) atoms. The van der Waals surface area contributed by atoms with Gasteiger partial charge < -0.3 is 19.1 Å². The number of aromatic nitrogens is 1. The highest BCUT2D eigenvalue weighted by atomic mass is 31.2. The number of ether oxygens (including phenoxy) is 1. The third kappa shape index (κ3) is 6.69. The van der Waals surface area contributed by atoms with E-state index in [-0.39, 0.29) is 5.91 Å². The van der Waals surface area contributed by atoms with E-state index < -0.39 is 14.5 Å². The Bertz CT molecular complexity index is 1350. The zero-order valence-corrected chi connectivity index (χ0v) is 23.3. The number of hydrogen-bond acceptors (Lipinski definition) is 6. The van der Waals surface area contributed by atoms with E-state index in [0.29, 0.717) is 59.3 Å². The molecule has 0 fully saturated rings. The molecule has 0 unspecified atom stereocenters. The molecule has 0 atom stereocenters. The number of hydrogen-bond donors (Lipinski definition) is 1. The average Bonchev–Trinajstić information content (AvgIpc) is 2.97. The van der Waals surface area contributed by atoms with Gasteiger partial charge >= 0.3 is 0 Å². The van der Waals surface area contributed by atoms with E-state index in [1.165, 1.54) is 0 Å². The van der Waals surface area contributed by atoms with Gasteiger partial charge in [-0.15, -0.1) is 0 Å². The number of benzene rings is 3. The van der Waals surface area contributed by atoms with E-state index in [4.69, 9.17) is 13.8 Å². The standard InChI is InChI=1S/C31H33N2O5P/c1-4-36-39(37-5-2)20-19-33-31(35)27-22(3)26(21-34)30(28-25(27)17-12-18-32-28)38-29(23-13-8-6-9-14-23)24-15-10-7-11-16-24/h6-18,21,29H,4-5,19-20H2,1-3H3,(H,33,35). The molecular formula is C31H33N2O5P. The van der Waals surface area contributed by atoms with Crippen molar-refractivity contribution in [2.45, 2.75) is 26.9 Å². The van der Waals surface area contributed by atoms with E-state index >= 15 is 0 Å². The highest BCUT2D eigenvalue weighted by Crippen LogP contribution is 2.39. The van der Waals surface area contributed by atoms with Crippen LogP contribution in [0.25, 0.3) is 10.9 Å². The van der Waals surface area contributed by atoms with Gasteiger partial charge in [0, 0.05) is 24.3 Å². The summed E-state index contributed by atoms with van der Waals surface area (Å²) in [7, 11) is -1.07. The van der Waals surface area contributed by atoms with Crippen LogP contribution in [-0.4, -0.2) is 43.1 Å². The van der Waals surface area contributed by atoms with Crippen molar-refractivity contribution in [1.29, 1.82) is 0 Å². The third-order valence-electron chi connectivity index (χ3n) is 6.23. The summed E-state index contributed by atoms with van der Waals surface area (Å²) in [5.41, 5.74) is 3.57. The Morgan fingerprint density at radius 3 is 2.13 bits per heavy atom. The molecule has 0 aliphatic carbocycles. The van der Waals surface area contributed by atoms with Gasteiger partial charge in [-0.05, 0) is 43.5 Å². The summed E-state index contributed by atoms with van der Waals surface area (Å²) in [6.45, 7) is 7.08. The van der Waals surface area contributed by atoms with Crippen molar-refractivity contribution in [3.8, 4) is 5.75 Å². The predicted octanol–water partition coefficient (Wildman–Crippen LogP) is 6.64. The van der Waals surface area contributed by atoms with Crippen LogP contribution in [0.2, 0.25) is 0 Å². The number of carbonyl (C=O) groups excluding carboxylic acids is 2. The molecule has 0 spiro atoms. The second-order valence-electron chi connectivity index (χ2n) is 8.73. The molecule has 1 amide bonds. The van der Waals surface area contributed by atoms with Gasteiger partial charge in [0.25, 0.3) is 5.91 Å². The first-order valence-electron chi connectivity index (χ1n) is 13.0. The van der Waals surface area contributed by atoms with Crippen LogP contribution in [0.4, 0.5) is 0 Å². The number of fused-ring (bicyclic) bond motifs is 1. The summed E-state index contributed by atoms with van der Waals surface area (Å²) in [4.78, 5) is 30.5. The Morgan fingerprint density at radius 1 is 0.949 bits per heavy atom. The largest absolute Gasteiger partial charge is 0.478 e. The zero-order valence-electron chi connectivity index (χ0n) is 22.4. The van der Waals surface area contributed by atoms with Gasteiger partial charge in [0.15, 0.2) is 20.4 Å². The maximum Gasteiger partial charge on any atom is 0.252 e. The Labute approximate surface area is 230 Å². The SMILES string of the molecule is CCOP(CCNC(=O)c1c(C)c(C=O)c(OC(c2ccccc2)c2ccccc2)c2ncccc12)OCC. The summed E-state index contributed by atoms with van der Waals surface area (Å²) < 4.78 is 17.9. The number of amides is 1. The lowest BCUT2D eigenvalue weighted by Gasteiger charge is -2.24. The molecule has 202 valence electrons. The highest BCUT2D eigenvalue weighted by molar-refractivity contribution is 7.47. The molecule has 3 aromatic carbocycles. The van der Waals surface area contributed by atoms with Gasteiger partial charge in [0.05, 0.1) is 24.3 Å². The fourth-order valence-electron chi connectivity index (χ4n) is 4.48. The molecule has 1 aromatic heterocycles. The second-order valence-corrected chi connectivity index (χ2v) is 10.4. The first-order valence-corrected chi connectivity index (χ1v) is 14.4. The van der Waals surface area contributed by atoms with Crippen LogP contribution < -0.4 is 10.1 Å². The van der Waals surface area contributed by atoms with E-state index in [1.54, 1.807) is 19.2 Å². The molecule has 1 heterocycles. The smallest absolute Gasteiger partial charge is 0.252 e. The maximum absolute atomic E-state index is 13.5. The van der Waals surface area contributed by atoms with Crippen molar-refractivity contribution in [2.24, 2.45) is 0 Å². The van der Waals surface area contributed by atoms with Crippen molar-refractivity contribution >= 4 is 31.5 Å². The van der Waals surface area contributed by atoms with Crippen LogP contribution in [0, 0.1) is 6.92 Å². The minimum atomic E-state index is -1.07. The third-order valence-corrected chi connectivity index (χ3v) is 7.91. The van der Waals surface area contributed by atoms with Crippen LogP contribution in [-0.2, 0) is 9.05 Å². The summed E-state index contributed by atoms with van der Waals surface area (Å²) in [6, 6.07) is 23.3. The maximum atomic E-state index is 13.5. The van der Waals surface area contributed by atoms with Gasteiger partial charge in [-0.1, -0.05) is 66.7 Å². The minimum Gasteiger partial charge on any atom is -0.478 e. The number of aldehydes is 1. The van der Waals surface area contributed by atoms with Crippen molar-refractivity contribution < 1.29 is 23.4 Å². The molecule has 0 saturated carbocycles. The van der Waals surface area contributed by atoms with Gasteiger partial charge in [0.1, 0.15) is 11.6 Å². The molecule has 1 N–H and O–H groups in total. The molecule has 0 radical (unpaired) electrons. The van der Waals surface area contributed by atoms with Crippen molar-refractivity contribution in [1.82, 2.24) is 10.3 Å². The first kappa shape index (κ1) is 28.4. The highest BCUT2D eigenvalue weighted by Gasteiger charge is 2.26. The van der Waals surface area contributed by atoms with Gasteiger partial charge in [-0.25, -0.2) is 0 Å². The summed E-state index contributed by atoms with van der Waals surface area (Å²) in [5.74, 6) is 0.0642. The number of nitrogens with one attached hydrogen (secondary N) is 1. The Hall–Kier alpha value is -3.64. The number of carbonyl (C=O) groups is 2. The Balaban J connectivity index is 1.73. The summed E-state index contributed by atoms with van der Waals surface area (Å²) in [5, 5.41) is 3.59. The lowest BCUT2D eigenvalue weighted by Crippen LogP contribution is -2.28. The fraction of sp³-hybridized carbons (Fsp3) is 0.258. The molecule has 0 aliphatic heterocycles. The minimum absolute atomic E-state index is 0.286. The van der Waals surface area contributed by atoms with Crippen molar-refractivity contribution in [3.05, 3.63) is 107 Å². The Kier molecular flexibility index (Phi) is 10.1. The summed E-state index contributed by atoms with van der Waals surface area (Å²) in [6.07, 6.45) is 2.46. The molecule has 4 aromatic rings. The Morgan fingerprint density at radius 2 is 1.56 bits per heavy atom. The van der Waals surface area contributed by atoms with Crippen LogP contribution in [0.15, 0.2) is 79.0 Å². The molecular weight excluding hydrogens is 511 g/mol. The second kappa shape index (κ2) is 13.9. The number of nitrogens with zero attached hydrogens (tertiary/aromatic N) is 1. The van der Waals surface area contributed by atoms with Gasteiger partial charge in [-0.3, -0.25) is 14.6 Å². The first-order chi connectivity index (χ1) is 19.1. The average molecular weight is 545 g/mol. The van der Waals surface area contributed by atoms with Gasteiger partial charge in [-0.2, -0.15) is 0 Å². The van der Waals surface area contributed by atoms with E-state index in [9.17, 15) is 9.59 Å². The molecule has 8 heteroatoms. The van der Waals surface area contributed by atoms with Crippen LogP contribution in [0.3, 0.4) is 0 Å². The topological polar surface area (TPSA) is 86.8 Å². The molecule has 4 rings (SSSR count). The van der Waals surface area contributed by atoms with Crippen LogP contribution in [0.5, 0.6) is 5.75 Å². The quantitative estimate of drug-likeness (QED) is 0.150. The van der Waals surface area contributed by atoms with Crippen LogP contribution >= 0.6 is 8.38 Å². The lowest BCUT2D eigenvalue weighted by atomic mass is 9.95. The predicted molar refractivity (Wildman–Crippen MR) is 155 cm³/mol. The van der Waals surface area contributed by atoms with E-state index in [2.05, 4.69) is 10.3 Å². The molecule has 0 aliphatic rings. The summed E-state index contributed by atoms with van der Waals surface area (Å²) >= 11 is 0. The van der Waals surface area contributed by atoms with E-state index in [1.807, 2.05) is 80.6 Å². The van der Waals surface area contributed by atoms with Crippen molar-refractivity contribution in [2.75, 3.05) is 25.9 Å². The van der Waals surface area contributed by atoms with Crippen LogP contribution in [0.1, 0.15) is 57.4 Å². The normalized spacial score (nSPS) is 11.2. The lowest BCUT2D eigenvalue weighted by molar-refractivity contribution is 0.0956. The van der Waals surface area contributed by atoms with E-state index in [0.717, 1.165) is 17.4 Å². The van der Waals surface area contributed by atoms with Gasteiger partial charge in [0.2, 0.25) is 0 Å². The monoisotopic (exact) mass is 544 g/mol. The van der Waals surface area contributed by atoms with Crippen molar-refractivity contribution in [3.63, 3.8) is 0 Å². The molecule has 0 saturated heterocycles. The zero-order chi connectivity index (χ0) is 27.6. The number of pyridine rings is 1. The molecule has 0 bridgehead atoms. The number of rotatable bonds is 13. The molecule has 7 nitrogen and oxygen atoms in total.